The number of hydrogen-bond donors (Lipinski definition) is 1. The number of aliphatic hydroxyl groups is 1. The average molecular weight is 209 g/mol. The van der Waals surface area contributed by atoms with Crippen LogP contribution >= 0.6 is 0 Å². The summed E-state index contributed by atoms with van der Waals surface area (Å²) >= 11 is 0. The summed E-state index contributed by atoms with van der Waals surface area (Å²) in [5.74, 6) is 0.676. The van der Waals surface area contributed by atoms with Crippen LogP contribution in [0.25, 0.3) is 0 Å². The van der Waals surface area contributed by atoms with E-state index in [1.807, 2.05) is 0 Å². The van der Waals surface area contributed by atoms with E-state index < -0.39 is 11.5 Å². The molecule has 0 radical (unpaired) electrons. The Kier molecular flexibility index (Phi) is 4.28. The van der Waals surface area contributed by atoms with Crippen molar-refractivity contribution in [2.45, 2.75) is 51.6 Å². The van der Waals surface area contributed by atoms with Crippen LogP contribution in [-0.2, 0) is 4.79 Å². The number of carbonyl (C=O) groups is 1. The number of aliphatic hydroxyl groups excluding tert-OH is 1. The maximum Gasteiger partial charge on any atom is 0.150 e. The molecule has 0 spiro atoms. The van der Waals surface area contributed by atoms with Gasteiger partial charge in [-0.2, -0.15) is 5.26 Å². The van der Waals surface area contributed by atoms with Crippen molar-refractivity contribution in [2.75, 3.05) is 0 Å². The third-order valence-corrected chi connectivity index (χ3v) is 3.61. The first-order valence-electron chi connectivity index (χ1n) is 5.73. The van der Waals surface area contributed by atoms with E-state index in [-0.39, 0.29) is 0 Å². The largest absolute Gasteiger partial charge is 0.384 e. The first kappa shape index (κ1) is 12.2. The monoisotopic (exact) mass is 209 g/mol. The predicted molar refractivity (Wildman–Crippen MR) is 57.0 cm³/mol. The van der Waals surface area contributed by atoms with Gasteiger partial charge in [-0.3, -0.25) is 0 Å². The predicted octanol–water partition coefficient (Wildman–Crippen LogP) is 2.05. The second kappa shape index (κ2) is 5.27. The van der Waals surface area contributed by atoms with E-state index >= 15 is 0 Å². The number of nitrogens with zero attached hydrogens (tertiary/aromatic N) is 1. The molecule has 1 rings (SSSR count). The fourth-order valence-electron chi connectivity index (χ4n) is 2.49. The molecule has 84 valence electrons. The lowest BCUT2D eigenvalue weighted by molar-refractivity contribution is -0.120. The molecule has 1 saturated carbocycles. The van der Waals surface area contributed by atoms with E-state index in [9.17, 15) is 9.90 Å². The van der Waals surface area contributed by atoms with Gasteiger partial charge in [-0.05, 0) is 31.6 Å². The molecule has 3 nitrogen and oxygen atoms in total. The molecule has 0 saturated heterocycles. The van der Waals surface area contributed by atoms with Crippen molar-refractivity contribution in [3.63, 3.8) is 0 Å². The van der Waals surface area contributed by atoms with Gasteiger partial charge in [-0.15, -0.1) is 0 Å². The van der Waals surface area contributed by atoms with Gasteiger partial charge in [0.15, 0.2) is 0 Å². The number of nitriles is 1. The van der Waals surface area contributed by atoms with Crippen molar-refractivity contribution in [2.24, 2.45) is 11.3 Å². The van der Waals surface area contributed by atoms with Crippen LogP contribution in [-0.4, -0.2) is 17.5 Å². The Labute approximate surface area is 91.1 Å². The summed E-state index contributed by atoms with van der Waals surface area (Å²) in [6.45, 7) is 2.16. The van der Waals surface area contributed by atoms with Crippen LogP contribution in [0, 0.1) is 22.7 Å². The lowest BCUT2D eigenvalue weighted by Gasteiger charge is -2.36. The van der Waals surface area contributed by atoms with Crippen LogP contribution in [0.5, 0.6) is 0 Å². The molecule has 0 aromatic heterocycles. The van der Waals surface area contributed by atoms with Crippen molar-refractivity contribution >= 4 is 6.29 Å². The summed E-state index contributed by atoms with van der Waals surface area (Å²) in [4.78, 5) is 10.6. The summed E-state index contributed by atoms with van der Waals surface area (Å²) in [6.07, 6.45) is 5.01. The van der Waals surface area contributed by atoms with Crippen LogP contribution in [0.2, 0.25) is 0 Å². The Hall–Kier alpha value is -0.880. The fourth-order valence-corrected chi connectivity index (χ4v) is 2.49. The summed E-state index contributed by atoms with van der Waals surface area (Å²) in [7, 11) is 0. The molecule has 0 heterocycles. The second-order valence-electron chi connectivity index (χ2n) is 4.58. The van der Waals surface area contributed by atoms with Gasteiger partial charge in [0, 0.05) is 0 Å². The van der Waals surface area contributed by atoms with E-state index in [1.165, 1.54) is 12.8 Å². The van der Waals surface area contributed by atoms with Crippen molar-refractivity contribution in [3.8, 4) is 6.07 Å². The summed E-state index contributed by atoms with van der Waals surface area (Å²) in [6, 6.07) is 2.15. The zero-order valence-corrected chi connectivity index (χ0v) is 9.28. The highest BCUT2D eigenvalue weighted by atomic mass is 16.3. The minimum atomic E-state index is -1.11. The molecule has 1 fully saturated rings. The third kappa shape index (κ3) is 2.57. The smallest absolute Gasteiger partial charge is 0.150 e. The van der Waals surface area contributed by atoms with Crippen molar-refractivity contribution in [3.05, 3.63) is 0 Å². The molecule has 0 amide bonds. The van der Waals surface area contributed by atoms with Crippen molar-refractivity contribution in [1.82, 2.24) is 0 Å². The zero-order chi connectivity index (χ0) is 11.3. The molecule has 0 aliphatic heterocycles. The first-order valence-corrected chi connectivity index (χ1v) is 5.73. The molecule has 1 aliphatic carbocycles. The molecule has 1 unspecified atom stereocenters. The second-order valence-corrected chi connectivity index (χ2v) is 4.58. The van der Waals surface area contributed by atoms with Crippen LogP contribution in [0.4, 0.5) is 0 Å². The Balaban J connectivity index is 2.59. The maximum atomic E-state index is 10.6. The minimum Gasteiger partial charge on any atom is -0.384 e. The molecule has 1 aliphatic rings. The molecule has 3 heteroatoms. The van der Waals surface area contributed by atoms with Gasteiger partial charge >= 0.3 is 0 Å². The number of aldehydes is 1. The quantitative estimate of drug-likeness (QED) is 0.721. The molecular formula is C12H19NO2. The molecule has 15 heavy (non-hydrogen) atoms. The van der Waals surface area contributed by atoms with E-state index in [0.29, 0.717) is 25.0 Å². The lowest BCUT2D eigenvalue weighted by atomic mass is 9.67. The van der Waals surface area contributed by atoms with Gasteiger partial charge in [0.2, 0.25) is 0 Å². The van der Waals surface area contributed by atoms with Gasteiger partial charge in [0.1, 0.15) is 12.4 Å². The Morgan fingerprint density at radius 1 is 1.60 bits per heavy atom. The van der Waals surface area contributed by atoms with Crippen LogP contribution in [0.1, 0.15) is 45.4 Å². The first-order chi connectivity index (χ1) is 7.18. The highest BCUT2D eigenvalue weighted by Crippen LogP contribution is 2.41. The topological polar surface area (TPSA) is 61.1 Å². The molecule has 0 bridgehead atoms. The van der Waals surface area contributed by atoms with E-state index in [2.05, 4.69) is 13.0 Å². The Bertz CT molecular complexity index is 249. The standard InChI is InChI=1S/C12H19NO2/c1-2-3-10-4-6-12(9-13,7-5-10)11(15)8-14/h8,10-11,15H,2-7H2,1H3. The van der Waals surface area contributed by atoms with Crippen LogP contribution < -0.4 is 0 Å². The van der Waals surface area contributed by atoms with Crippen molar-refractivity contribution in [1.29, 1.82) is 5.26 Å². The fraction of sp³-hybridized carbons (Fsp3) is 0.833. The summed E-state index contributed by atoms with van der Waals surface area (Å²) in [5.41, 5.74) is -0.800. The summed E-state index contributed by atoms with van der Waals surface area (Å²) in [5, 5.41) is 18.6. The third-order valence-electron chi connectivity index (χ3n) is 3.61. The molecular weight excluding hydrogens is 190 g/mol. The van der Waals surface area contributed by atoms with Crippen molar-refractivity contribution < 1.29 is 9.90 Å². The van der Waals surface area contributed by atoms with Gasteiger partial charge in [-0.25, -0.2) is 0 Å². The number of carbonyl (C=O) groups excluding carboxylic acids is 1. The Morgan fingerprint density at radius 3 is 2.60 bits per heavy atom. The molecule has 0 aromatic rings. The minimum absolute atomic E-state index is 0.503. The highest BCUT2D eigenvalue weighted by Gasteiger charge is 2.41. The lowest BCUT2D eigenvalue weighted by Crippen LogP contribution is -2.38. The highest BCUT2D eigenvalue weighted by molar-refractivity contribution is 5.58. The maximum absolute atomic E-state index is 10.6. The Morgan fingerprint density at radius 2 is 2.20 bits per heavy atom. The van der Waals surface area contributed by atoms with Gasteiger partial charge < -0.3 is 9.90 Å². The molecule has 1 atom stereocenters. The summed E-state index contributed by atoms with van der Waals surface area (Å²) < 4.78 is 0. The van der Waals surface area contributed by atoms with Gasteiger partial charge in [0.05, 0.1) is 11.5 Å². The normalized spacial score (nSPS) is 33.0. The van der Waals surface area contributed by atoms with Crippen LogP contribution in [0.15, 0.2) is 0 Å². The number of hydrogen-bond acceptors (Lipinski definition) is 3. The van der Waals surface area contributed by atoms with Gasteiger partial charge in [0.25, 0.3) is 0 Å². The van der Waals surface area contributed by atoms with E-state index in [0.717, 1.165) is 12.8 Å². The SMILES string of the molecule is CCCC1CCC(C#N)(C(O)C=O)CC1. The van der Waals surface area contributed by atoms with Gasteiger partial charge in [-0.1, -0.05) is 19.8 Å². The van der Waals surface area contributed by atoms with E-state index in [4.69, 9.17) is 5.26 Å². The van der Waals surface area contributed by atoms with Crippen LogP contribution in [0.3, 0.4) is 0 Å². The molecule has 1 N–H and O–H groups in total. The number of rotatable bonds is 4. The van der Waals surface area contributed by atoms with E-state index in [1.54, 1.807) is 0 Å². The molecule has 0 aromatic carbocycles. The zero-order valence-electron chi connectivity index (χ0n) is 9.28. The average Bonchev–Trinajstić information content (AvgIpc) is 2.30.